The van der Waals surface area contributed by atoms with Gasteiger partial charge in [0, 0.05) is 11.4 Å². The molecule has 0 saturated carbocycles. The van der Waals surface area contributed by atoms with E-state index in [4.69, 9.17) is 11.6 Å². The van der Waals surface area contributed by atoms with Crippen LogP contribution >= 0.6 is 23.4 Å². The molecule has 2 heterocycles. The second kappa shape index (κ2) is 7.00. The smallest absolute Gasteiger partial charge is 0.262 e. The molecule has 0 saturated heterocycles. The van der Waals surface area contributed by atoms with Gasteiger partial charge in [-0.05, 0) is 28.6 Å². The summed E-state index contributed by atoms with van der Waals surface area (Å²) in [6.45, 7) is 1.93. The Labute approximate surface area is 149 Å². The van der Waals surface area contributed by atoms with Crippen molar-refractivity contribution in [2.24, 2.45) is 0 Å². The maximum absolute atomic E-state index is 13.3. The summed E-state index contributed by atoms with van der Waals surface area (Å²) in [5.74, 6) is 1.16. The van der Waals surface area contributed by atoms with Gasteiger partial charge >= 0.3 is 6.18 Å². The molecule has 1 N–H and O–H groups in total. The monoisotopic (exact) mass is 389 g/mol. The molecule has 0 aliphatic heterocycles. The molecule has 0 aliphatic rings. The lowest BCUT2D eigenvalue weighted by Crippen LogP contribution is -2.13. The number of benzene rings is 1. The van der Waals surface area contributed by atoms with Crippen LogP contribution in [-0.2, 0) is 18.3 Å². The van der Waals surface area contributed by atoms with E-state index in [-0.39, 0.29) is 22.3 Å². The quantitative estimate of drug-likeness (QED) is 0.674. The number of thioether (sulfide) groups is 1. The maximum Gasteiger partial charge on any atom is 0.418 e. The third-order valence-corrected chi connectivity index (χ3v) is 4.28. The minimum atomic E-state index is -4.59. The second-order valence-electron chi connectivity index (χ2n) is 4.87. The summed E-state index contributed by atoms with van der Waals surface area (Å²) < 4.78 is 40.9. The van der Waals surface area contributed by atoms with Crippen molar-refractivity contribution in [1.82, 2.24) is 35.4 Å². The van der Waals surface area contributed by atoms with Crippen LogP contribution in [0.5, 0.6) is 0 Å². The zero-order chi connectivity index (χ0) is 18.0. The molecule has 0 unspecified atom stereocenters. The summed E-state index contributed by atoms with van der Waals surface area (Å²) in [4.78, 5) is 4.22. The number of nitrogens with one attached hydrogen (secondary N) is 1. The molecular weight excluding hydrogens is 379 g/mol. The van der Waals surface area contributed by atoms with Crippen molar-refractivity contribution in [3.8, 4) is 5.69 Å². The molecule has 0 radical (unpaired) electrons. The first kappa shape index (κ1) is 17.7. The average Bonchev–Trinajstić information content (AvgIpc) is 3.21. The third kappa shape index (κ3) is 3.93. The van der Waals surface area contributed by atoms with Crippen LogP contribution in [0.25, 0.3) is 5.69 Å². The molecular formula is C13H11ClF3N7S. The van der Waals surface area contributed by atoms with E-state index in [1.165, 1.54) is 23.9 Å². The molecule has 0 atom stereocenters. The molecule has 0 bridgehead atoms. The van der Waals surface area contributed by atoms with Crippen molar-refractivity contribution in [2.45, 2.75) is 30.4 Å². The van der Waals surface area contributed by atoms with Gasteiger partial charge in [-0.3, -0.25) is 5.10 Å². The molecule has 3 aromatic rings. The Morgan fingerprint density at radius 2 is 2.12 bits per heavy atom. The molecule has 0 spiro atoms. The van der Waals surface area contributed by atoms with Gasteiger partial charge in [-0.15, -0.1) is 10.2 Å². The highest BCUT2D eigenvalue weighted by molar-refractivity contribution is 7.98. The lowest BCUT2D eigenvalue weighted by Gasteiger charge is -2.13. The van der Waals surface area contributed by atoms with Crippen molar-refractivity contribution in [3.63, 3.8) is 0 Å². The number of hydrogen-bond acceptors (Lipinski definition) is 6. The van der Waals surface area contributed by atoms with E-state index < -0.39 is 11.7 Å². The molecule has 12 heteroatoms. The molecule has 2 aromatic heterocycles. The van der Waals surface area contributed by atoms with Crippen LogP contribution in [0.15, 0.2) is 23.4 Å². The minimum absolute atomic E-state index is 0.0205. The predicted octanol–water partition coefficient (Wildman–Crippen LogP) is 3.31. The SMILES string of the molecule is CCc1nc(SCc2nnnn2-c2ccc(Cl)cc2C(F)(F)F)n[nH]1. The first-order chi connectivity index (χ1) is 11.9. The average molecular weight is 390 g/mol. The van der Waals surface area contributed by atoms with E-state index in [9.17, 15) is 13.2 Å². The topological polar surface area (TPSA) is 85.2 Å². The molecule has 0 fully saturated rings. The molecule has 0 aliphatic carbocycles. The van der Waals surface area contributed by atoms with E-state index in [1.807, 2.05) is 6.92 Å². The van der Waals surface area contributed by atoms with Crippen LogP contribution in [0.4, 0.5) is 13.2 Å². The normalized spacial score (nSPS) is 11.9. The van der Waals surface area contributed by atoms with Crippen LogP contribution in [0, 0.1) is 0 Å². The zero-order valence-corrected chi connectivity index (χ0v) is 14.3. The Kier molecular flexibility index (Phi) is 4.95. The van der Waals surface area contributed by atoms with Crippen LogP contribution in [0.2, 0.25) is 5.02 Å². The Balaban J connectivity index is 1.89. The van der Waals surface area contributed by atoms with Gasteiger partial charge in [0.1, 0.15) is 5.82 Å². The van der Waals surface area contributed by atoms with Gasteiger partial charge in [-0.25, -0.2) is 4.98 Å². The third-order valence-electron chi connectivity index (χ3n) is 3.20. The largest absolute Gasteiger partial charge is 0.418 e. The van der Waals surface area contributed by atoms with Crippen molar-refractivity contribution >= 4 is 23.4 Å². The molecule has 7 nitrogen and oxygen atoms in total. The Hall–Kier alpha value is -2.14. The lowest BCUT2D eigenvalue weighted by molar-refractivity contribution is -0.137. The fourth-order valence-corrected chi connectivity index (χ4v) is 2.93. The highest BCUT2D eigenvalue weighted by atomic mass is 35.5. The second-order valence-corrected chi connectivity index (χ2v) is 6.25. The van der Waals surface area contributed by atoms with Crippen molar-refractivity contribution in [2.75, 3.05) is 0 Å². The van der Waals surface area contributed by atoms with Gasteiger partial charge in [0.25, 0.3) is 0 Å². The summed E-state index contributed by atoms with van der Waals surface area (Å²) in [6, 6.07) is 3.43. The number of aryl methyl sites for hydroxylation is 1. The van der Waals surface area contributed by atoms with Gasteiger partial charge < -0.3 is 0 Å². The maximum atomic E-state index is 13.3. The number of halogens is 4. The number of hydrogen-bond donors (Lipinski definition) is 1. The highest BCUT2D eigenvalue weighted by Crippen LogP contribution is 2.35. The predicted molar refractivity (Wildman–Crippen MR) is 84.5 cm³/mol. The molecule has 3 rings (SSSR count). The van der Waals surface area contributed by atoms with Crippen LogP contribution in [-0.4, -0.2) is 35.4 Å². The zero-order valence-electron chi connectivity index (χ0n) is 12.7. The van der Waals surface area contributed by atoms with Crippen LogP contribution in [0.1, 0.15) is 24.1 Å². The number of H-pyrrole nitrogens is 1. The number of aromatic amines is 1. The van der Waals surface area contributed by atoms with Gasteiger partial charge in [-0.2, -0.15) is 17.9 Å². The fraction of sp³-hybridized carbons (Fsp3) is 0.308. The fourth-order valence-electron chi connectivity index (χ4n) is 2.03. The number of tetrazole rings is 1. The van der Waals surface area contributed by atoms with Crippen molar-refractivity contribution in [3.05, 3.63) is 40.4 Å². The summed E-state index contributed by atoms with van der Waals surface area (Å²) >= 11 is 6.91. The Bertz CT molecular complexity index is 877. The Morgan fingerprint density at radius 3 is 2.80 bits per heavy atom. The van der Waals surface area contributed by atoms with E-state index in [1.54, 1.807) is 0 Å². The Morgan fingerprint density at radius 1 is 1.32 bits per heavy atom. The summed E-state index contributed by atoms with van der Waals surface area (Å²) in [5, 5.41) is 18.2. The van der Waals surface area contributed by atoms with Gasteiger partial charge in [0.05, 0.1) is 17.0 Å². The first-order valence-corrected chi connectivity index (χ1v) is 8.43. The first-order valence-electron chi connectivity index (χ1n) is 7.07. The number of nitrogens with zero attached hydrogens (tertiary/aromatic N) is 6. The van der Waals surface area contributed by atoms with Crippen molar-refractivity contribution in [1.29, 1.82) is 0 Å². The standard InChI is InChI=1S/C13H11ClF3N7S/c1-2-10-18-12(21-19-10)25-6-11-20-22-23-24(11)9-4-3-7(14)5-8(9)13(15,16)17/h3-5H,2,6H2,1H3,(H,18,19,21). The van der Waals surface area contributed by atoms with E-state index in [0.717, 1.165) is 16.6 Å². The van der Waals surface area contributed by atoms with E-state index >= 15 is 0 Å². The van der Waals surface area contributed by atoms with Gasteiger partial charge in [0.15, 0.2) is 5.82 Å². The number of alkyl halides is 3. The summed E-state index contributed by atoms with van der Waals surface area (Å²) in [7, 11) is 0. The molecule has 25 heavy (non-hydrogen) atoms. The molecule has 0 amide bonds. The van der Waals surface area contributed by atoms with Crippen LogP contribution < -0.4 is 0 Å². The molecule has 132 valence electrons. The van der Waals surface area contributed by atoms with E-state index in [2.05, 4.69) is 30.7 Å². The number of rotatable bonds is 5. The molecule has 1 aromatic carbocycles. The number of aromatic nitrogens is 7. The van der Waals surface area contributed by atoms with Crippen LogP contribution in [0.3, 0.4) is 0 Å². The van der Waals surface area contributed by atoms with Gasteiger partial charge in [-0.1, -0.05) is 30.3 Å². The van der Waals surface area contributed by atoms with Crippen molar-refractivity contribution < 1.29 is 13.2 Å². The summed E-state index contributed by atoms with van der Waals surface area (Å²) in [6.07, 6.45) is -3.89. The highest BCUT2D eigenvalue weighted by Gasteiger charge is 2.35. The summed E-state index contributed by atoms with van der Waals surface area (Å²) in [5.41, 5.74) is -1.11. The van der Waals surface area contributed by atoms with Gasteiger partial charge in [0.2, 0.25) is 5.16 Å². The minimum Gasteiger partial charge on any atom is -0.262 e. The lowest BCUT2D eigenvalue weighted by atomic mass is 10.1. The van der Waals surface area contributed by atoms with E-state index in [0.29, 0.717) is 11.6 Å².